The van der Waals surface area contributed by atoms with E-state index in [-0.39, 0.29) is 0 Å². The van der Waals surface area contributed by atoms with Gasteiger partial charge in [0, 0.05) is 6.42 Å². The molecule has 0 saturated carbocycles. The lowest BCUT2D eigenvalue weighted by molar-refractivity contribution is 0.415. The van der Waals surface area contributed by atoms with Crippen molar-refractivity contribution >= 4 is 0 Å². The van der Waals surface area contributed by atoms with Gasteiger partial charge in [0.2, 0.25) is 0 Å². The molecule has 3 N–H and O–H groups in total. The predicted molar refractivity (Wildman–Crippen MR) is 70.6 cm³/mol. The Labute approximate surface area is 106 Å². The molecule has 2 rings (SSSR count). The number of methoxy groups -OCH3 is 1. The Morgan fingerprint density at radius 2 is 2.11 bits per heavy atom. The minimum Gasteiger partial charge on any atom is -0.496 e. The van der Waals surface area contributed by atoms with Crippen LogP contribution >= 0.6 is 0 Å². The minimum atomic E-state index is 0.554. The average molecular weight is 246 g/mol. The molecule has 0 radical (unpaired) electrons. The lowest BCUT2D eigenvalue weighted by Gasteiger charge is -2.10. The van der Waals surface area contributed by atoms with Gasteiger partial charge in [0.05, 0.1) is 12.7 Å². The maximum atomic E-state index is 5.50. The highest BCUT2D eigenvalue weighted by Gasteiger charge is 2.14. The van der Waals surface area contributed by atoms with E-state index in [0.29, 0.717) is 18.8 Å². The van der Waals surface area contributed by atoms with Gasteiger partial charge in [-0.1, -0.05) is 6.07 Å². The number of aromatic amines is 1. The molecule has 2 aromatic rings. The molecule has 1 aromatic heterocycles. The highest BCUT2D eigenvalue weighted by Crippen LogP contribution is 2.31. The van der Waals surface area contributed by atoms with Gasteiger partial charge < -0.3 is 10.5 Å². The fraction of sp³-hybridized carbons (Fsp3) is 0.385. The number of benzene rings is 1. The number of hydrogen-bond acceptors (Lipinski definition) is 4. The fourth-order valence-electron chi connectivity index (χ4n) is 2.03. The van der Waals surface area contributed by atoms with Crippen molar-refractivity contribution in [3.63, 3.8) is 0 Å². The summed E-state index contributed by atoms with van der Waals surface area (Å²) in [6.45, 7) is 4.62. The van der Waals surface area contributed by atoms with Crippen molar-refractivity contribution in [3.05, 3.63) is 29.1 Å². The highest BCUT2D eigenvalue weighted by molar-refractivity contribution is 5.69. The first kappa shape index (κ1) is 12.6. The van der Waals surface area contributed by atoms with Crippen molar-refractivity contribution in [2.24, 2.45) is 5.73 Å². The van der Waals surface area contributed by atoms with Crippen LogP contribution in [0.1, 0.15) is 17.0 Å². The third-order valence-corrected chi connectivity index (χ3v) is 2.80. The summed E-state index contributed by atoms with van der Waals surface area (Å²) in [5.41, 5.74) is 8.69. The Morgan fingerprint density at radius 1 is 1.33 bits per heavy atom. The zero-order chi connectivity index (χ0) is 13.1. The van der Waals surface area contributed by atoms with Crippen molar-refractivity contribution in [2.75, 3.05) is 13.7 Å². The molecule has 0 fully saturated rings. The molecular weight excluding hydrogens is 228 g/mol. The molecule has 1 heterocycles. The molecular formula is C13H18N4O. The second kappa shape index (κ2) is 5.18. The van der Waals surface area contributed by atoms with Crippen molar-refractivity contribution in [1.29, 1.82) is 0 Å². The number of nitrogens with zero attached hydrogens (tertiary/aromatic N) is 2. The number of ether oxygens (including phenoxy) is 1. The summed E-state index contributed by atoms with van der Waals surface area (Å²) >= 11 is 0. The van der Waals surface area contributed by atoms with Crippen LogP contribution in [0.15, 0.2) is 12.1 Å². The van der Waals surface area contributed by atoms with E-state index in [9.17, 15) is 0 Å². The molecule has 0 aliphatic carbocycles. The van der Waals surface area contributed by atoms with Gasteiger partial charge in [0.1, 0.15) is 11.6 Å². The summed E-state index contributed by atoms with van der Waals surface area (Å²) in [5.74, 6) is 2.26. The van der Waals surface area contributed by atoms with Crippen LogP contribution < -0.4 is 10.5 Å². The van der Waals surface area contributed by atoms with Gasteiger partial charge in [0.25, 0.3) is 0 Å². The van der Waals surface area contributed by atoms with Crippen molar-refractivity contribution in [1.82, 2.24) is 15.2 Å². The molecule has 18 heavy (non-hydrogen) atoms. The van der Waals surface area contributed by atoms with Crippen LogP contribution in [0.25, 0.3) is 11.4 Å². The van der Waals surface area contributed by atoms with E-state index in [0.717, 1.165) is 28.3 Å². The molecule has 5 nitrogen and oxygen atoms in total. The first-order valence-electron chi connectivity index (χ1n) is 5.92. The summed E-state index contributed by atoms with van der Waals surface area (Å²) in [5, 5.41) is 7.13. The normalized spacial score (nSPS) is 10.7. The smallest absolute Gasteiger partial charge is 0.185 e. The molecule has 0 aliphatic rings. The molecule has 1 aromatic carbocycles. The van der Waals surface area contributed by atoms with Gasteiger partial charge in [0.15, 0.2) is 5.82 Å². The molecule has 0 unspecified atom stereocenters. The fourth-order valence-corrected chi connectivity index (χ4v) is 2.03. The topological polar surface area (TPSA) is 76.8 Å². The third kappa shape index (κ3) is 2.36. The Bertz CT molecular complexity index is 548. The molecule has 0 spiro atoms. The number of nitrogens with two attached hydrogens (primary N) is 1. The lowest BCUT2D eigenvalue weighted by atomic mass is 10.0. The summed E-state index contributed by atoms with van der Waals surface area (Å²) in [7, 11) is 1.66. The lowest BCUT2D eigenvalue weighted by Crippen LogP contribution is -2.03. The van der Waals surface area contributed by atoms with Crippen LogP contribution in [0.3, 0.4) is 0 Å². The first-order chi connectivity index (χ1) is 8.65. The summed E-state index contributed by atoms with van der Waals surface area (Å²) in [6.07, 6.45) is 0.695. The summed E-state index contributed by atoms with van der Waals surface area (Å²) in [6, 6.07) is 4.08. The van der Waals surface area contributed by atoms with E-state index >= 15 is 0 Å². The van der Waals surface area contributed by atoms with Crippen molar-refractivity contribution in [3.8, 4) is 17.1 Å². The van der Waals surface area contributed by atoms with Gasteiger partial charge in [-0.2, -0.15) is 5.10 Å². The molecule has 0 aliphatic heterocycles. The second-order valence-corrected chi connectivity index (χ2v) is 4.30. The maximum Gasteiger partial charge on any atom is 0.185 e. The Kier molecular flexibility index (Phi) is 3.62. The molecule has 0 atom stereocenters. The van der Waals surface area contributed by atoms with Gasteiger partial charge >= 0.3 is 0 Å². The van der Waals surface area contributed by atoms with Crippen LogP contribution in [-0.4, -0.2) is 28.8 Å². The van der Waals surface area contributed by atoms with Crippen LogP contribution in [0.2, 0.25) is 0 Å². The standard InChI is InChI=1S/C13H18N4O/c1-8-6-9(2)12(10(7-8)18-3)13-15-11(4-5-14)16-17-13/h6-7H,4-5,14H2,1-3H3,(H,15,16,17). The van der Waals surface area contributed by atoms with E-state index in [1.165, 1.54) is 0 Å². The number of aromatic nitrogens is 3. The van der Waals surface area contributed by atoms with Crippen LogP contribution in [0.5, 0.6) is 5.75 Å². The van der Waals surface area contributed by atoms with Crippen molar-refractivity contribution < 1.29 is 4.74 Å². The quantitative estimate of drug-likeness (QED) is 0.859. The minimum absolute atomic E-state index is 0.554. The zero-order valence-electron chi connectivity index (χ0n) is 10.9. The van der Waals surface area contributed by atoms with Crippen LogP contribution in [0.4, 0.5) is 0 Å². The van der Waals surface area contributed by atoms with Gasteiger partial charge in [-0.05, 0) is 37.6 Å². The number of nitrogens with one attached hydrogen (secondary N) is 1. The molecule has 0 bridgehead atoms. The number of aryl methyl sites for hydroxylation is 2. The Balaban J connectivity index is 2.48. The average Bonchev–Trinajstić information content (AvgIpc) is 2.76. The van der Waals surface area contributed by atoms with Gasteiger partial charge in [-0.15, -0.1) is 0 Å². The van der Waals surface area contributed by atoms with Crippen LogP contribution in [-0.2, 0) is 6.42 Å². The summed E-state index contributed by atoms with van der Waals surface area (Å²) in [4.78, 5) is 4.44. The molecule has 0 amide bonds. The second-order valence-electron chi connectivity index (χ2n) is 4.30. The number of hydrogen-bond donors (Lipinski definition) is 2. The van der Waals surface area contributed by atoms with E-state index < -0.39 is 0 Å². The maximum absolute atomic E-state index is 5.50. The van der Waals surface area contributed by atoms with E-state index in [1.54, 1.807) is 7.11 Å². The molecule has 96 valence electrons. The zero-order valence-corrected chi connectivity index (χ0v) is 10.9. The first-order valence-corrected chi connectivity index (χ1v) is 5.92. The van der Waals surface area contributed by atoms with E-state index in [2.05, 4.69) is 21.2 Å². The predicted octanol–water partition coefficient (Wildman–Crippen LogP) is 1.60. The van der Waals surface area contributed by atoms with Crippen molar-refractivity contribution in [2.45, 2.75) is 20.3 Å². The Hall–Kier alpha value is -1.88. The SMILES string of the molecule is COc1cc(C)cc(C)c1-c1n[nH]c(CCN)n1. The molecule has 5 heteroatoms. The number of H-pyrrole nitrogens is 1. The van der Waals surface area contributed by atoms with Gasteiger partial charge in [-0.3, -0.25) is 5.10 Å². The van der Waals surface area contributed by atoms with E-state index in [4.69, 9.17) is 10.5 Å². The third-order valence-electron chi connectivity index (χ3n) is 2.80. The van der Waals surface area contributed by atoms with E-state index in [1.807, 2.05) is 19.9 Å². The van der Waals surface area contributed by atoms with Crippen LogP contribution in [0, 0.1) is 13.8 Å². The number of rotatable bonds is 4. The monoisotopic (exact) mass is 246 g/mol. The highest BCUT2D eigenvalue weighted by atomic mass is 16.5. The largest absolute Gasteiger partial charge is 0.496 e. The molecule has 0 saturated heterocycles. The summed E-state index contributed by atoms with van der Waals surface area (Å²) < 4.78 is 5.41. The van der Waals surface area contributed by atoms with Gasteiger partial charge in [-0.25, -0.2) is 4.98 Å². The Morgan fingerprint density at radius 3 is 2.78 bits per heavy atom.